The van der Waals surface area contributed by atoms with Crippen molar-refractivity contribution in [3.63, 3.8) is 0 Å². The Morgan fingerprint density at radius 1 is 1.24 bits per heavy atom. The van der Waals surface area contributed by atoms with Gasteiger partial charge in [0.15, 0.2) is 0 Å². The number of carbonyl (C=O) groups excluding carboxylic acids is 1. The third kappa shape index (κ3) is 3.52. The minimum atomic E-state index is -0.132. The van der Waals surface area contributed by atoms with E-state index >= 15 is 0 Å². The Morgan fingerprint density at radius 2 is 2.00 bits per heavy atom. The van der Waals surface area contributed by atoms with Gasteiger partial charge in [0.05, 0.1) is 12.8 Å². The van der Waals surface area contributed by atoms with Crippen molar-refractivity contribution >= 4 is 11.6 Å². The average molecular weight is 285 g/mol. The van der Waals surface area contributed by atoms with Crippen LogP contribution in [0.5, 0.6) is 5.75 Å². The lowest BCUT2D eigenvalue weighted by Gasteiger charge is -2.11. The zero-order chi connectivity index (χ0) is 15.2. The van der Waals surface area contributed by atoms with Crippen molar-refractivity contribution in [1.82, 2.24) is 5.32 Å². The molecule has 2 aromatic carbocycles. The summed E-state index contributed by atoms with van der Waals surface area (Å²) >= 11 is 0. The molecule has 0 aliphatic carbocycles. The van der Waals surface area contributed by atoms with Crippen LogP contribution in [0.4, 0.5) is 5.69 Å². The highest BCUT2D eigenvalue weighted by atomic mass is 16.5. The summed E-state index contributed by atoms with van der Waals surface area (Å²) in [7, 11) is 1.61. The largest absolute Gasteiger partial charge is 0.496 e. The Kier molecular flexibility index (Phi) is 4.79. The van der Waals surface area contributed by atoms with Gasteiger partial charge in [-0.2, -0.15) is 0 Å². The first-order valence-electron chi connectivity index (χ1n) is 6.63. The Balaban J connectivity index is 2.06. The van der Waals surface area contributed by atoms with Gasteiger partial charge in [-0.15, -0.1) is 0 Å². The maximum Gasteiger partial charge on any atom is 0.251 e. The number of amides is 1. The zero-order valence-corrected chi connectivity index (χ0v) is 12.1. The minimum Gasteiger partial charge on any atom is -0.496 e. The summed E-state index contributed by atoms with van der Waals surface area (Å²) < 4.78 is 5.26. The number of anilines is 1. The number of methoxy groups -OCH3 is 1. The predicted molar refractivity (Wildman–Crippen MR) is 83.2 cm³/mol. The molecule has 0 bridgehead atoms. The van der Waals surface area contributed by atoms with Gasteiger partial charge in [-0.1, -0.05) is 18.2 Å². The maximum atomic E-state index is 12.2. The van der Waals surface area contributed by atoms with E-state index in [1.807, 2.05) is 31.2 Å². The van der Waals surface area contributed by atoms with Gasteiger partial charge < -0.3 is 15.5 Å². The molecule has 21 heavy (non-hydrogen) atoms. The summed E-state index contributed by atoms with van der Waals surface area (Å²) in [5, 5.41) is 2.88. The highest BCUT2D eigenvalue weighted by Crippen LogP contribution is 2.18. The van der Waals surface area contributed by atoms with E-state index in [1.165, 1.54) is 0 Å². The van der Waals surface area contributed by atoms with Crippen LogP contribution in [0.25, 0.3) is 0 Å². The topological polar surface area (TPSA) is 76.4 Å². The van der Waals surface area contributed by atoms with Gasteiger partial charge in [0.25, 0.3) is 5.91 Å². The van der Waals surface area contributed by atoms with Gasteiger partial charge in [0.1, 0.15) is 5.75 Å². The smallest absolute Gasteiger partial charge is 0.251 e. The number of nitrogens with two attached hydrogens (primary N) is 1. The van der Waals surface area contributed by atoms with Crippen molar-refractivity contribution in [2.45, 2.75) is 13.5 Å². The van der Waals surface area contributed by atoms with Crippen LogP contribution in [0.1, 0.15) is 21.5 Å². The summed E-state index contributed by atoms with van der Waals surface area (Å²) in [5.41, 5.74) is 5.84. The third-order valence-electron chi connectivity index (χ3n) is 3.28. The second kappa shape index (κ2) is 6.76. The molecule has 0 fully saturated rings. The monoisotopic (exact) mass is 285 g/mol. The molecule has 0 unspecified atom stereocenters. The molecule has 2 rings (SSSR count). The minimum absolute atomic E-state index is 0.132. The zero-order valence-electron chi connectivity index (χ0n) is 12.1. The van der Waals surface area contributed by atoms with E-state index in [0.29, 0.717) is 12.1 Å². The number of para-hydroxylation sites is 1. The number of hydrogen-bond acceptors (Lipinski definition) is 4. The molecule has 0 radical (unpaired) electrons. The number of hydrazine groups is 1. The molecule has 0 atom stereocenters. The van der Waals surface area contributed by atoms with Crippen LogP contribution in [0.2, 0.25) is 0 Å². The molecule has 110 valence electrons. The molecule has 0 saturated carbocycles. The molecule has 2 aromatic rings. The van der Waals surface area contributed by atoms with Crippen LogP contribution in [-0.4, -0.2) is 13.0 Å². The van der Waals surface area contributed by atoms with Crippen molar-refractivity contribution in [2.24, 2.45) is 5.84 Å². The normalized spacial score (nSPS) is 10.0. The van der Waals surface area contributed by atoms with E-state index in [0.717, 1.165) is 22.6 Å². The van der Waals surface area contributed by atoms with Gasteiger partial charge in [-0.25, -0.2) is 0 Å². The number of nitrogens with one attached hydrogen (secondary N) is 2. The summed E-state index contributed by atoms with van der Waals surface area (Å²) in [5.74, 6) is 6.01. The van der Waals surface area contributed by atoms with Crippen LogP contribution in [0.15, 0.2) is 42.5 Å². The fraction of sp³-hybridized carbons (Fsp3) is 0.188. The standard InChI is InChI=1S/C16H19N3O2/c1-11-9-12(7-8-14(11)19-17)16(20)18-10-13-5-3-4-6-15(13)21-2/h3-9,19H,10,17H2,1-2H3,(H,18,20). The first kappa shape index (κ1) is 14.9. The molecule has 0 spiro atoms. The molecule has 0 aliphatic heterocycles. The number of benzene rings is 2. The van der Waals surface area contributed by atoms with E-state index < -0.39 is 0 Å². The maximum absolute atomic E-state index is 12.2. The number of ether oxygens (including phenoxy) is 1. The third-order valence-corrected chi connectivity index (χ3v) is 3.28. The molecule has 0 aromatic heterocycles. The lowest BCUT2D eigenvalue weighted by molar-refractivity contribution is 0.0950. The van der Waals surface area contributed by atoms with Gasteiger partial charge in [0, 0.05) is 17.7 Å². The molecule has 1 amide bonds. The van der Waals surface area contributed by atoms with E-state index in [2.05, 4.69) is 10.7 Å². The Hall–Kier alpha value is -2.53. The van der Waals surface area contributed by atoms with Crippen molar-refractivity contribution in [3.05, 3.63) is 59.2 Å². The molecule has 0 heterocycles. The summed E-state index contributed by atoms with van der Waals surface area (Å²) in [4.78, 5) is 12.2. The highest BCUT2D eigenvalue weighted by molar-refractivity contribution is 5.94. The summed E-state index contributed by atoms with van der Waals surface area (Å²) in [6.07, 6.45) is 0. The van der Waals surface area contributed by atoms with Crippen molar-refractivity contribution < 1.29 is 9.53 Å². The van der Waals surface area contributed by atoms with E-state index in [9.17, 15) is 4.79 Å². The molecule has 5 nitrogen and oxygen atoms in total. The van der Waals surface area contributed by atoms with Crippen molar-refractivity contribution in [3.8, 4) is 5.75 Å². The summed E-state index contributed by atoms with van der Waals surface area (Å²) in [6, 6.07) is 12.9. The first-order valence-corrected chi connectivity index (χ1v) is 6.63. The molecular formula is C16H19N3O2. The van der Waals surface area contributed by atoms with Gasteiger partial charge in [0.2, 0.25) is 0 Å². The highest BCUT2D eigenvalue weighted by Gasteiger charge is 2.08. The molecular weight excluding hydrogens is 266 g/mol. The van der Waals surface area contributed by atoms with Crippen molar-refractivity contribution in [1.29, 1.82) is 0 Å². The second-order valence-corrected chi connectivity index (χ2v) is 4.67. The Morgan fingerprint density at radius 3 is 2.67 bits per heavy atom. The summed E-state index contributed by atoms with van der Waals surface area (Å²) in [6.45, 7) is 2.31. The SMILES string of the molecule is COc1ccccc1CNC(=O)c1ccc(NN)c(C)c1. The number of hydrogen-bond donors (Lipinski definition) is 3. The quantitative estimate of drug-likeness (QED) is 0.581. The lowest BCUT2D eigenvalue weighted by Crippen LogP contribution is -2.23. The van der Waals surface area contributed by atoms with E-state index in [4.69, 9.17) is 10.6 Å². The van der Waals surface area contributed by atoms with E-state index in [1.54, 1.807) is 25.3 Å². The van der Waals surface area contributed by atoms with Gasteiger partial charge in [-0.3, -0.25) is 10.6 Å². The van der Waals surface area contributed by atoms with Crippen LogP contribution < -0.4 is 21.3 Å². The van der Waals surface area contributed by atoms with Crippen LogP contribution in [0.3, 0.4) is 0 Å². The van der Waals surface area contributed by atoms with Crippen molar-refractivity contribution in [2.75, 3.05) is 12.5 Å². The van der Waals surface area contributed by atoms with E-state index in [-0.39, 0.29) is 5.91 Å². The van der Waals surface area contributed by atoms with Crippen LogP contribution in [-0.2, 0) is 6.54 Å². The second-order valence-electron chi connectivity index (χ2n) is 4.67. The fourth-order valence-electron chi connectivity index (χ4n) is 2.09. The fourth-order valence-corrected chi connectivity index (χ4v) is 2.09. The number of carbonyl (C=O) groups is 1. The Labute approximate surface area is 124 Å². The number of rotatable bonds is 5. The number of nitrogen functional groups attached to an aromatic ring is 1. The van der Waals surface area contributed by atoms with Gasteiger partial charge in [-0.05, 0) is 36.8 Å². The molecule has 0 saturated heterocycles. The Bertz CT molecular complexity index is 641. The number of aryl methyl sites for hydroxylation is 1. The van der Waals surface area contributed by atoms with Crippen LogP contribution in [0, 0.1) is 6.92 Å². The lowest BCUT2D eigenvalue weighted by atomic mass is 10.1. The van der Waals surface area contributed by atoms with Gasteiger partial charge >= 0.3 is 0 Å². The predicted octanol–water partition coefficient (Wildman–Crippen LogP) is 2.22. The molecule has 4 N–H and O–H groups in total. The first-order chi connectivity index (χ1) is 10.2. The molecule has 0 aliphatic rings. The van der Waals surface area contributed by atoms with Crippen LogP contribution >= 0.6 is 0 Å². The average Bonchev–Trinajstić information content (AvgIpc) is 2.52. The molecule has 5 heteroatoms.